The Morgan fingerprint density at radius 2 is 1.84 bits per heavy atom. The maximum Gasteiger partial charge on any atom is 0.331 e. The Morgan fingerprint density at radius 1 is 1.20 bits per heavy atom. The van der Waals surface area contributed by atoms with E-state index >= 15 is 0 Å². The molecule has 0 radical (unpaired) electrons. The second kappa shape index (κ2) is 8.09. The van der Waals surface area contributed by atoms with Gasteiger partial charge in [-0.25, -0.2) is 4.79 Å². The first-order valence-corrected chi connectivity index (χ1v) is 8.95. The summed E-state index contributed by atoms with van der Waals surface area (Å²) in [4.78, 5) is 25.1. The van der Waals surface area contributed by atoms with Crippen molar-refractivity contribution >= 4 is 23.5 Å². The van der Waals surface area contributed by atoms with Crippen molar-refractivity contribution < 1.29 is 19.1 Å². The van der Waals surface area contributed by atoms with Crippen LogP contribution in [0.5, 0.6) is 5.75 Å². The van der Waals surface area contributed by atoms with Crippen molar-refractivity contribution in [2.45, 2.75) is 44.0 Å². The molecule has 0 bridgehead atoms. The highest BCUT2D eigenvalue weighted by Crippen LogP contribution is 2.38. The number of benzene rings is 1. The van der Waals surface area contributed by atoms with Gasteiger partial charge in [0.2, 0.25) is 5.91 Å². The molecule has 5 nitrogen and oxygen atoms in total. The zero-order chi connectivity index (χ0) is 18.6. The quantitative estimate of drug-likeness (QED) is 0.639. The minimum Gasteiger partial charge on any atom is -0.497 e. The molecule has 1 amide bonds. The Bertz CT molecular complexity index is 618. The van der Waals surface area contributed by atoms with Gasteiger partial charge in [0.1, 0.15) is 16.7 Å². The first kappa shape index (κ1) is 19.6. The van der Waals surface area contributed by atoms with Crippen molar-refractivity contribution in [1.29, 1.82) is 0 Å². The minimum absolute atomic E-state index is 0.308. The third kappa shape index (κ3) is 4.27. The van der Waals surface area contributed by atoms with E-state index < -0.39 is 16.9 Å². The van der Waals surface area contributed by atoms with Gasteiger partial charge in [-0.2, -0.15) is 0 Å². The van der Waals surface area contributed by atoms with Crippen LogP contribution in [0.1, 0.15) is 44.1 Å². The topological polar surface area (TPSA) is 64.6 Å². The molecule has 1 aliphatic carbocycles. The molecule has 4 unspecified atom stereocenters. The zero-order valence-corrected chi connectivity index (χ0v) is 15.9. The first-order chi connectivity index (χ1) is 11.8. The Labute approximate surface area is 154 Å². The fourth-order valence-electron chi connectivity index (χ4n) is 3.38. The van der Waals surface area contributed by atoms with Gasteiger partial charge in [-0.1, -0.05) is 26.0 Å². The molecule has 1 aliphatic rings. The van der Waals surface area contributed by atoms with Crippen molar-refractivity contribution in [2.75, 3.05) is 14.2 Å². The van der Waals surface area contributed by atoms with Crippen LogP contribution in [0.4, 0.5) is 0 Å². The molecule has 1 aromatic rings. The predicted octanol–water partition coefficient (Wildman–Crippen LogP) is 3.46. The van der Waals surface area contributed by atoms with Crippen molar-refractivity contribution in [1.82, 2.24) is 5.32 Å². The summed E-state index contributed by atoms with van der Waals surface area (Å²) in [6.45, 7) is 4.25. The minimum atomic E-state index is -1.00. The lowest BCUT2D eigenvalue weighted by Gasteiger charge is -2.41. The van der Waals surface area contributed by atoms with Gasteiger partial charge in [0.25, 0.3) is 0 Å². The summed E-state index contributed by atoms with van der Waals surface area (Å²) in [7, 11) is 2.92. The molecule has 25 heavy (non-hydrogen) atoms. The maximum absolute atomic E-state index is 12.7. The van der Waals surface area contributed by atoms with Gasteiger partial charge in [-0.3, -0.25) is 4.79 Å². The van der Waals surface area contributed by atoms with Gasteiger partial charge in [-0.15, -0.1) is 11.6 Å². The van der Waals surface area contributed by atoms with Gasteiger partial charge < -0.3 is 14.8 Å². The van der Waals surface area contributed by atoms with E-state index in [4.69, 9.17) is 21.1 Å². The fraction of sp³-hybridized carbons (Fsp3) is 0.579. The molecule has 1 N–H and O–H groups in total. The zero-order valence-electron chi connectivity index (χ0n) is 15.2. The normalized spacial score (nSPS) is 27.2. The Morgan fingerprint density at radius 3 is 2.36 bits per heavy atom. The lowest BCUT2D eigenvalue weighted by atomic mass is 9.71. The number of rotatable bonds is 5. The molecule has 1 fully saturated rings. The van der Waals surface area contributed by atoms with Crippen LogP contribution >= 0.6 is 11.6 Å². The molecule has 1 aromatic carbocycles. The van der Waals surface area contributed by atoms with E-state index in [2.05, 4.69) is 19.2 Å². The summed E-state index contributed by atoms with van der Waals surface area (Å²) in [6, 6.07) is 6.98. The summed E-state index contributed by atoms with van der Waals surface area (Å²) in [5, 5.41) is 2.00. The lowest BCUT2D eigenvalue weighted by molar-refractivity contribution is -0.154. The van der Waals surface area contributed by atoms with Crippen LogP contribution in [0.3, 0.4) is 0 Å². The number of nitrogens with one attached hydrogen (secondary N) is 1. The highest BCUT2D eigenvalue weighted by Gasteiger charge is 2.46. The Kier molecular flexibility index (Phi) is 6.33. The fourth-order valence-corrected chi connectivity index (χ4v) is 3.58. The molecule has 0 heterocycles. The highest BCUT2D eigenvalue weighted by atomic mass is 35.5. The Hall–Kier alpha value is -1.75. The van der Waals surface area contributed by atoms with Gasteiger partial charge >= 0.3 is 5.97 Å². The van der Waals surface area contributed by atoms with Gasteiger partial charge in [-0.05, 0) is 48.8 Å². The number of methoxy groups -OCH3 is 2. The maximum atomic E-state index is 12.7. The second-order valence-electron chi connectivity index (χ2n) is 6.90. The highest BCUT2D eigenvalue weighted by molar-refractivity contribution is 6.31. The van der Waals surface area contributed by atoms with Gasteiger partial charge in [0, 0.05) is 0 Å². The average Bonchev–Trinajstić information content (AvgIpc) is 2.63. The molecule has 0 spiro atoms. The molecular formula is C19H26ClNO4. The van der Waals surface area contributed by atoms with E-state index in [0.717, 1.165) is 6.42 Å². The second-order valence-corrected chi connectivity index (χ2v) is 7.33. The average molecular weight is 368 g/mol. The van der Waals surface area contributed by atoms with E-state index in [1.165, 1.54) is 7.11 Å². The van der Waals surface area contributed by atoms with Gasteiger partial charge in [0.15, 0.2) is 0 Å². The van der Waals surface area contributed by atoms with Gasteiger partial charge in [0.05, 0.1) is 14.2 Å². The third-order valence-electron chi connectivity index (χ3n) is 5.25. The molecule has 0 aliphatic heterocycles. The molecule has 4 atom stereocenters. The molecule has 6 heteroatoms. The monoisotopic (exact) mass is 367 g/mol. The summed E-state index contributed by atoms with van der Waals surface area (Å²) in [5.41, 5.74) is -0.352. The van der Waals surface area contributed by atoms with Crippen LogP contribution in [-0.4, -0.2) is 31.6 Å². The van der Waals surface area contributed by atoms with Crippen LogP contribution in [0.25, 0.3) is 0 Å². The SMILES string of the molecule is COC(=O)C1(NC(=O)C(Cl)c2ccc(OC)cc2)CCC(C)C(C)C1. The van der Waals surface area contributed by atoms with Crippen LogP contribution in [0, 0.1) is 11.8 Å². The van der Waals surface area contributed by atoms with E-state index in [0.29, 0.717) is 36.0 Å². The van der Waals surface area contributed by atoms with Crippen LogP contribution in [0.15, 0.2) is 24.3 Å². The number of hydrogen-bond acceptors (Lipinski definition) is 4. The molecule has 1 saturated carbocycles. The van der Waals surface area contributed by atoms with Crippen molar-refractivity contribution in [2.24, 2.45) is 11.8 Å². The van der Waals surface area contributed by atoms with E-state index in [1.54, 1.807) is 31.4 Å². The van der Waals surface area contributed by atoms with Crippen molar-refractivity contribution in [3.63, 3.8) is 0 Å². The number of alkyl halides is 1. The van der Waals surface area contributed by atoms with Crippen molar-refractivity contribution in [3.8, 4) is 5.75 Å². The Balaban J connectivity index is 2.17. The molecular weight excluding hydrogens is 342 g/mol. The lowest BCUT2D eigenvalue weighted by Crippen LogP contribution is -2.58. The van der Waals surface area contributed by atoms with Crippen LogP contribution in [-0.2, 0) is 14.3 Å². The summed E-state index contributed by atoms with van der Waals surface area (Å²) in [5.74, 6) is 0.706. The van der Waals surface area contributed by atoms with E-state index in [1.807, 2.05) is 0 Å². The third-order valence-corrected chi connectivity index (χ3v) is 5.70. The predicted molar refractivity (Wildman–Crippen MR) is 96.7 cm³/mol. The smallest absolute Gasteiger partial charge is 0.331 e. The largest absolute Gasteiger partial charge is 0.497 e. The summed E-state index contributed by atoms with van der Waals surface area (Å²) >= 11 is 6.34. The molecule has 0 saturated heterocycles. The van der Waals surface area contributed by atoms with Crippen molar-refractivity contribution in [3.05, 3.63) is 29.8 Å². The first-order valence-electron chi connectivity index (χ1n) is 8.51. The number of ether oxygens (including phenoxy) is 2. The number of esters is 1. The summed E-state index contributed by atoms with van der Waals surface area (Å²) < 4.78 is 10.1. The molecule has 0 aromatic heterocycles. The summed E-state index contributed by atoms with van der Waals surface area (Å²) in [6.07, 6.45) is 1.97. The van der Waals surface area contributed by atoms with Crippen LogP contribution < -0.4 is 10.1 Å². The molecule has 2 rings (SSSR count). The number of amides is 1. The van der Waals surface area contributed by atoms with E-state index in [9.17, 15) is 9.59 Å². The van der Waals surface area contributed by atoms with E-state index in [-0.39, 0.29) is 5.91 Å². The van der Waals surface area contributed by atoms with Crippen LogP contribution in [0.2, 0.25) is 0 Å². The molecule has 138 valence electrons. The number of carbonyl (C=O) groups excluding carboxylic acids is 2. The number of hydrogen-bond donors (Lipinski definition) is 1. The number of carbonyl (C=O) groups is 2. The standard InChI is InChI=1S/C19H26ClNO4/c1-12-9-10-19(11-13(12)2,18(23)25-4)21-17(22)16(20)14-5-7-15(24-3)8-6-14/h5-8,12-13,16H,9-11H2,1-4H3,(H,21,22). The number of halogens is 1.